The van der Waals surface area contributed by atoms with Gasteiger partial charge >= 0.3 is 5.97 Å². The standard InChI is InChI=1S/C22H28BrNO3S/c1-3-4-5-6-7-8-9-10-19(25)24-21-20(22(26)27-2)18(15-28-21)16-11-13-17(23)14-12-16/h11-15H,3-10H2,1-2H3,(H,24,25). The number of nitrogens with one attached hydrogen (secondary N) is 1. The molecular formula is C22H28BrNO3S. The number of ether oxygens (including phenoxy) is 1. The molecule has 0 atom stereocenters. The number of hydrogen-bond donors (Lipinski definition) is 1. The lowest BCUT2D eigenvalue weighted by Crippen LogP contribution is -2.13. The van der Waals surface area contributed by atoms with Crippen LogP contribution in [0, 0.1) is 0 Å². The van der Waals surface area contributed by atoms with Gasteiger partial charge in [-0.2, -0.15) is 0 Å². The summed E-state index contributed by atoms with van der Waals surface area (Å²) in [6, 6.07) is 7.71. The number of rotatable bonds is 11. The van der Waals surface area contributed by atoms with Gasteiger partial charge in [0.25, 0.3) is 0 Å². The van der Waals surface area contributed by atoms with Crippen LogP contribution in [0.2, 0.25) is 0 Å². The molecule has 0 spiro atoms. The monoisotopic (exact) mass is 465 g/mol. The van der Waals surface area contributed by atoms with E-state index in [1.54, 1.807) is 0 Å². The molecule has 1 N–H and O–H groups in total. The number of hydrogen-bond acceptors (Lipinski definition) is 4. The molecule has 1 aromatic carbocycles. The van der Waals surface area contributed by atoms with Gasteiger partial charge in [-0.1, -0.05) is 73.5 Å². The van der Waals surface area contributed by atoms with E-state index >= 15 is 0 Å². The molecule has 0 saturated carbocycles. The van der Waals surface area contributed by atoms with Gasteiger partial charge in [-0.15, -0.1) is 11.3 Å². The molecule has 0 radical (unpaired) electrons. The van der Waals surface area contributed by atoms with Crippen LogP contribution < -0.4 is 5.32 Å². The molecule has 2 aromatic rings. The second-order valence-corrected chi connectivity index (χ2v) is 8.57. The summed E-state index contributed by atoms with van der Waals surface area (Å²) in [5.41, 5.74) is 2.10. The van der Waals surface area contributed by atoms with Gasteiger partial charge in [0.1, 0.15) is 10.6 Å². The van der Waals surface area contributed by atoms with Crippen molar-refractivity contribution in [3.05, 3.63) is 39.7 Å². The molecule has 0 saturated heterocycles. The highest BCUT2D eigenvalue weighted by molar-refractivity contribution is 9.10. The molecule has 0 fully saturated rings. The van der Waals surface area contributed by atoms with Gasteiger partial charge < -0.3 is 10.1 Å². The highest BCUT2D eigenvalue weighted by Gasteiger charge is 2.22. The maximum Gasteiger partial charge on any atom is 0.341 e. The lowest BCUT2D eigenvalue weighted by atomic mass is 10.0. The summed E-state index contributed by atoms with van der Waals surface area (Å²) in [5, 5.41) is 5.35. The highest BCUT2D eigenvalue weighted by Crippen LogP contribution is 2.36. The molecule has 0 aliphatic rings. The zero-order chi connectivity index (χ0) is 20.4. The minimum Gasteiger partial charge on any atom is -0.465 e. The van der Waals surface area contributed by atoms with Crippen molar-refractivity contribution in [1.29, 1.82) is 0 Å². The molecule has 152 valence electrons. The quantitative estimate of drug-likeness (QED) is 0.285. The molecule has 0 bridgehead atoms. The van der Waals surface area contributed by atoms with Crippen molar-refractivity contribution in [2.45, 2.75) is 58.3 Å². The van der Waals surface area contributed by atoms with Crippen molar-refractivity contribution in [1.82, 2.24) is 0 Å². The zero-order valence-electron chi connectivity index (χ0n) is 16.6. The van der Waals surface area contributed by atoms with E-state index in [9.17, 15) is 9.59 Å². The van der Waals surface area contributed by atoms with Crippen LogP contribution >= 0.6 is 27.3 Å². The van der Waals surface area contributed by atoms with Crippen LogP contribution in [0.5, 0.6) is 0 Å². The number of carbonyl (C=O) groups is 2. The van der Waals surface area contributed by atoms with Crippen molar-refractivity contribution in [3.63, 3.8) is 0 Å². The van der Waals surface area contributed by atoms with Crippen LogP contribution in [0.25, 0.3) is 11.1 Å². The maximum atomic E-state index is 12.3. The second kappa shape index (κ2) is 12.0. The fourth-order valence-electron chi connectivity index (χ4n) is 3.03. The Morgan fingerprint density at radius 3 is 2.32 bits per heavy atom. The van der Waals surface area contributed by atoms with E-state index in [1.807, 2.05) is 29.6 Å². The van der Waals surface area contributed by atoms with Gasteiger partial charge in [0, 0.05) is 21.8 Å². The van der Waals surface area contributed by atoms with Crippen molar-refractivity contribution in [3.8, 4) is 11.1 Å². The Hall–Kier alpha value is -1.66. The van der Waals surface area contributed by atoms with Gasteiger partial charge in [0.2, 0.25) is 5.91 Å². The number of benzene rings is 1. The first kappa shape index (κ1) is 22.6. The van der Waals surface area contributed by atoms with Gasteiger partial charge in [0.15, 0.2) is 0 Å². The number of unbranched alkanes of at least 4 members (excludes halogenated alkanes) is 6. The summed E-state index contributed by atoms with van der Waals surface area (Å²) < 4.78 is 5.92. The molecule has 1 amide bonds. The molecule has 0 aliphatic carbocycles. The number of carbonyl (C=O) groups excluding carboxylic acids is 2. The van der Waals surface area contributed by atoms with E-state index in [-0.39, 0.29) is 5.91 Å². The lowest BCUT2D eigenvalue weighted by molar-refractivity contribution is -0.116. The molecule has 0 aliphatic heterocycles. The number of anilines is 1. The van der Waals surface area contributed by atoms with E-state index in [0.29, 0.717) is 17.0 Å². The first-order chi connectivity index (χ1) is 13.6. The Balaban J connectivity index is 1.98. The lowest BCUT2D eigenvalue weighted by Gasteiger charge is -2.08. The number of halogens is 1. The average molecular weight is 466 g/mol. The molecule has 1 aromatic heterocycles. The van der Waals surface area contributed by atoms with E-state index in [1.165, 1.54) is 50.6 Å². The summed E-state index contributed by atoms with van der Waals surface area (Å²) in [5.74, 6) is -0.492. The Morgan fingerprint density at radius 1 is 1.04 bits per heavy atom. The summed E-state index contributed by atoms with van der Waals surface area (Å²) >= 11 is 4.77. The second-order valence-electron chi connectivity index (χ2n) is 6.77. The number of methoxy groups -OCH3 is 1. The fraction of sp³-hybridized carbons (Fsp3) is 0.455. The summed E-state index contributed by atoms with van der Waals surface area (Å²) in [7, 11) is 1.36. The zero-order valence-corrected chi connectivity index (χ0v) is 19.0. The Bertz CT molecular complexity index is 771. The number of amides is 1. The smallest absolute Gasteiger partial charge is 0.341 e. The Kier molecular flexibility index (Phi) is 9.71. The van der Waals surface area contributed by atoms with Gasteiger partial charge in [-0.3, -0.25) is 4.79 Å². The van der Waals surface area contributed by atoms with E-state index in [2.05, 4.69) is 28.2 Å². The molecular weight excluding hydrogens is 438 g/mol. The van der Waals surface area contributed by atoms with Crippen LogP contribution in [-0.2, 0) is 9.53 Å². The molecule has 2 rings (SSSR count). The van der Waals surface area contributed by atoms with E-state index in [0.717, 1.165) is 28.4 Å². The van der Waals surface area contributed by atoms with Gasteiger partial charge in [0.05, 0.1) is 7.11 Å². The van der Waals surface area contributed by atoms with Crippen LogP contribution in [0.1, 0.15) is 68.6 Å². The Morgan fingerprint density at radius 2 is 1.68 bits per heavy atom. The van der Waals surface area contributed by atoms with E-state index in [4.69, 9.17) is 4.74 Å². The number of thiophene rings is 1. The molecule has 28 heavy (non-hydrogen) atoms. The third kappa shape index (κ3) is 6.74. The van der Waals surface area contributed by atoms with Crippen LogP contribution in [0.15, 0.2) is 34.1 Å². The minimum atomic E-state index is -0.439. The summed E-state index contributed by atoms with van der Waals surface area (Å²) in [6.07, 6.45) is 8.63. The normalized spacial score (nSPS) is 10.7. The minimum absolute atomic E-state index is 0.0529. The SMILES string of the molecule is CCCCCCCCCC(=O)Nc1scc(-c2ccc(Br)cc2)c1C(=O)OC. The van der Waals surface area contributed by atoms with Crippen molar-refractivity contribution in [2.75, 3.05) is 12.4 Å². The topological polar surface area (TPSA) is 55.4 Å². The fourth-order valence-corrected chi connectivity index (χ4v) is 4.27. The first-order valence-corrected chi connectivity index (χ1v) is 11.5. The van der Waals surface area contributed by atoms with Gasteiger partial charge in [-0.05, 0) is 24.1 Å². The van der Waals surface area contributed by atoms with E-state index < -0.39 is 5.97 Å². The van der Waals surface area contributed by atoms with Crippen molar-refractivity contribution >= 4 is 44.1 Å². The summed E-state index contributed by atoms with van der Waals surface area (Å²) in [4.78, 5) is 24.7. The summed E-state index contributed by atoms with van der Waals surface area (Å²) in [6.45, 7) is 2.21. The molecule has 1 heterocycles. The maximum absolute atomic E-state index is 12.3. The predicted octanol–water partition coefficient (Wildman–Crippen LogP) is 7.04. The molecule has 0 unspecified atom stereocenters. The molecule has 6 heteroatoms. The third-order valence-corrected chi connectivity index (χ3v) is 6.02. The molecule has 4 nitrogen and oxygen atoms in total. The van der Waals surface area contributed by atoms with Crippen LogP contribution in [0.3, 0.4) is 0 Å². The average Bonchev–Trinajstić information content (AvgIpc) is 3.10. The first-order valence-electron chi connectivity index (χ1n) is 9.82. The Labute approximate surface area is 179 Å². The highest BCUT2D eigenvalue weighted by atomic mass is 79.9. The third-order valence-electron chi connectivity index (χ3n) is 4.60. The van der Waals surface area contributed by atoms with Gasteiger partial charge in [-0.25, -0.2) is 4.79 Å². The van der Waals surface area contributed by atoms with Crippen molar-refractivity contribution < 1.29 is 14.3 Å². The largest absolute Gasteiger partial charge is 0.465 e. The predicted molar refractivity (Wildman–Crippen MR) is 120 cm³/mol. The van der Waals surface area contributed by atoms with Crippen LogP contribution in [0.4, 0.5) is 5.00 Å². The van der Waals surface area contributed by atoms with Crippen molar-refractivity contribution in [2.24, 2.45) is 0 Å². The number of esters is 1. The van der Waals surface area contributed by atoms with Crippen LogP contribution in [-0.4, -0.2) is 19.0 Å².